The summed E-state index contributed by atoms with van der Waals surface area (Å²) in [6.45, 7) is 1.76. The molecule has 18 heavy (non-hydrogen) atoms. The molecule has 96 valence electrons. The topological polar surface area (TPSA) is 59.2 Å². The van der Waals surface area contributed by atoms with Crippen molar-refractivity contribution in [1.82, 2.24) is 10.1 Å². The van der Waals surface area contributed by atoms with E-state index in [0.717, 1.165) is 12.1 Å². The normalized spacial score (nSPS) is 12.7. The van der Waals surface area contributed by atoms with E-state index in [2.05, 4.69) is 10.1 Å². The average molecular weight is 254 g/mol. The van der Waals surface area contributed by atoms with Crippen LogP contribution < -0.4 is 0 Å². The maximum absolute atomic E-state index is 13.4. The molecule has 0 aliphatic heterocycles. The van der Waals surface area contributed by atoms with Crippen LogP contribution in [0.2, 0.25) is 0 Å². The molecule has 0 aliphatic carbocycles. The van der Waals surface area contributed by atoms with E-state index in [4.69, 9.17) is 4.52 Å². The van der Waals surface area contributed by atoms with E-state index >= 15 is 0 Å². The molecule has 0 aliphatic rings. The number of benzene rings is 1. The van der Waals surface area contributed by atoms with Gasteiger partial charge in [0, 0.05) is 5.56 Å². The molecule has 2 aromatic rings. The highest BCUT2D eigenvalue weighted by atomic mass is 19.1. The zero-order valence-corrected chi connectivity index (χ0v) is 9.73. The molecule has 6 heteroatoms. The summed E-state index contributed by atoms with van der Waals surface area (Å²) < 4.78 is 31.6. The molecular weight excluding hydrogens is 242 g/mol. The number of aliphatic hydroxyl groups is 1. The van der Waals surface area contributed by atoms with Crippen LogP contribution in [-0.2, 0) is 6.42 Å². The number of nitrogens with zero attached hydrogens (tertiary/aromatic N) is 2. The van der Waals surface area contributed by atoms with Crippen molar-refractivity contribution < 1.29 is 18.4 Å². The number of hydrogen-bond acceptors (Lipinski definition) is 4. The highest BCUT2D eigenvalue weighted by molar-refractivity contribution is 5.22. The predicted octanol–water partition coefficient (Wildman–Crippen LogP) is 2.38. The minimum atomic E-state index is -0.826. The summed E-state index contributed by atoms with van der Waals surface area (Å²) in [5, 5.41) is 13.0. The minimum Gasteiger partial charge on any atom is -0.385 e. The summed E-state index contributed by atoms with van der Waals surface area (Å²) in [5.41, 5.74) is -0.126. The van der Waals surface area contributed by atoms with Gasteiger partial charge in [0.1, 0.15) is 17.7 Å². The molecule has 1 atom stereocenters. The van der Waals surface area contributed by atoms with Crippen LogP contribution in [-0.4, -0.2) is 15.2 Å². The van der Waals surface area contributed by atoms with Crippen LogP contribution in [0.3, 0.4) is 0 Å². The van der Waals surface area contributed by atoms with Crippen molar-refractivity contribution in [3.8, 4) is 0 Å². The van der Waals surface area contributed by atoms with E-state index in [1.54, 1.807) is 6.92 Å². The van der Waals surface area contributed by atoms with E-state index in [-0.39, 0.29) is 23.7 Å². The van der Waals surface area contributed by atoms with Gasteiger partial charge in [-0.2, -0.15) is 4.98 Å². The van der Waals surface area contributed by atoms with Gasteiger partial charge in [-0.15, -0.1) is 0 Å². The van der Waals surface area contributed by atoms with Crippen LogP contribution >= 0.6 is 0 Å². The molecule has 1 aromatic carbocycles. The minimum absolute atomic E-state index is 0.0708. The van der Waals surface area contributed by atoms with E-state index in [1.807, 2.05) is 0 Å². The Kier molecular flexibility index (Phi) is 3.66. The summed E-state index contributed by atoms with van der Waals surface area (Å²) in [4.78, 5) is 3.90. The predicted molar refractivity (Wildman–Crippen MR) is 58.7 cm³/mol. The van der Waals surface area contributed by atoms with Gasteiger partial charge in [-0.25, -0.2) is 8.78 Å². The molecule has 1 unspecified atom stereocenters. The number of hydrogen-bond donors (Lipinski definition) is 1. The molecule has 0 radical (unpaired) electrons. The third-order valence-electron chi connectivity index (χ3n) is 2.56. The number of aromatic nitrogens is 2. The quantitative estimate of drug-likeness (QED) is 0.910. The van der Waals surface area contributed by atoms with Crippen molar-refractivity contribution in [3.05, 3.63) is 47.1 Å². The zero-order valence-electron chi connectivity index (χ0n) is 9.73. The summed E-state index contributed by atoms with van der Waals surface area (Å²) in [5.74, 6) is -1.12. The number of halogens is 2. The number of aliphatic hydroxyl groups excluding tert-OH is 1. The van der Waals surface area contributed by atoms with Gasteiger partial charge in [-0.05, 0) is 18.6 Å². The van der Waals surface area contributed by atoms with Gasteiger partial charge in [0.25, 0.3) is 0 Å². The van der Waals surface area contributed by atoms with E-state index in [1.165, 1.54) is 6.07 Å². The molecule has 4 nitrogen and oxygen atoms in total. The lowest BCUT2D eigenvalue weighted by molar-refractivity contribution is 0.159. The fraction of sp³-hybridized carbons (Fsp3) is 0.333. The first kappa shape index (κ1) is 12.6. The first-order valence-corrected chi connectivity index (χ1v) is 5.55. The van der Waals surface area contributed by atoms with Crippen molar-refractivity contribution >= 4 is 0 Å². The Morgan fingerprint density at radius 2 is 2.00 bits per heavy atom. The maximum atomic E-state index is 13.4. The van der Waals surface area contributed by atoms with E-state index in [0.29, 0.717) is 6.42 Å². The summed E-state index contributed by atoms with van der Waals surface area (Å²) in [7, 11) is 0. The molecular formula is C12H12F2N2O2. The highest BCUT2D eigenvalue weighted by Gasteiger charge is 2.16. The smallest absolute Gasteiger partial charge is 0.231 e. The fourth-order valence-corrected chi connectivity index (χ4v) is 1.51. The third-order valence-corrected chi connectivity index (χ3v) is 2.56. The highest BCUT2D eigenvalue weighted by Crippen LogP contribution is 2.18. The van der Waals surface area contributed by atoms with Crippen molar-refractivity contribution in [2.45, 2.75) is 25.9 Å². The standard InChI is InChI=1S/C12H12F2N2O2/c1-2-10(17)12-15-11(18-16-12)6-7-8(13)4-3-5-9(7)14/h3-5,10,17H,2,6H2,1H3. The van der Waals surface area contributed by atoms with Crippen molar-refractivity contribution in [3.63, 3.8) is 0 Å². The monoisotopic (exact) mass is 254 g/mol. The second kappa shape index (κ2) is 5.22. The molecule has 2 rings (SSSR count). The number of rotatable bonds is 4. The largest absolute Gasteiger partial charge is 0.385 e. The van der Waals surface area contributed by atoms with Crippen LogP contribution in [0.1, 0.15) is 36.7 Å². The van der Waals surface area contributed by atoms with Gasteiger partial charge in [0.2, 0.25) is 5.89 Å². The first-order valence-electron chi connectivity index (χ1n) is 5.55. The lowest BCUT2D eigenvalue weighted by Gasteiger charge is -2.01. The molecule has 1 N–H and O–H groups in total. The van der Waals surface area contributed by atoms with Crippen molar-refractivity contribution in [1.29, 1.82) is 0 Å². The molecule has 0 amide bonds. The molecule has 1 aromatic heterocycles. The van der Waals surface area contributed by atoms with Gasteiger partial charge >= 0.3 is 0 Å². The molecule has 0 fully saturated rings. The molecule has 0 saturated heterocycles. The molecule has 0 spiro atoms. The van der Waals surface area contributed by atoms with Crippen LogP contribution in [0, 0.1) is 11.6 Å². The van der Waals surface area contributed by atoms with Gasteiger partial charge < -0.3 is 9.63 Å². The Morgan fingerprint density at radius 1 is 1.33 bits per heavy atom. The van der Waals surface area contributed by atoms with Crippen LogP contribution in [0.5, 0.6) is 0 Å². The first-order chi connectivity index (χ1) is 8.61. The van der Waals surface area contributed by atoms with E-state index in [9.17, 15) is 13.9 Å². The average Bonchev–Trinajstić information content (AvgIpc) is 2.81. The SMILES string of the molecule is CCC(O)c1noc(Cc2c(F)cccc2F)n1. The van der Waals surface area contributed by atoms with Crippen LogP contribution in [0.4, 0.5) is 8.78 Å². The molecule has 1 heterocycles. The Hall–Kier alpha value is -1.82. The lowest BCUT2D eigenvalue weighted by atomic mass is 10.1. The van der Waals surface area contributed by atoms with Crippen LogP contribution in [0.15, 0.2) is 22.7 Å². The van der Waals surface area contributed by atoms with E-state index < -0.39 is 17.7 Å². The van der Waals surface area contributed by atoms with Gasteiger partial charge in [0.05, 0.1) is 6.42 Å². The Balaban J connectivity index is 2.21. The summed E-state index contributed by atoms with van der Waals surface area (Å²) in [6.07, 6.45) is -0.525. The fourth-order valence-electron chi connectivity index (χ4n) is 1.51. The van der Waals surface area contributed by atoms with Gasteiger partial charge in [0.15, 0.2) is 5.82 Å². The maximum Gasteiger partial charge on any atom is 0.231 e. The summed E-state index contributed by atoms with van der Waals surface area (Å²) in [6, 6.07) is 3.61. The summed E-state index contributed by atoms with van der Waals surface area (Å²) >= 11 is 0. The Morgan fingerprint density at radius 3 is 2.61 bits per heavy atom. The Bertz CT molecular complexity index is 522. The second-order valence-electron chi connectivity index (χ2n) is 3.85. The van der Waals surface area contributed by atoms with Crippen LogP contribution in [0.25, 0.3) is 0 Å². The lowest BCUT2D eigenvalue weighted by Crippen LogP contribution is -2.00. The molecule has 0 saturated carbocycles. The molecule has 0 bridgehead atoms. The third kappa shape index (κ3) is 2.53. The van der Waals surface area contributed by atoms with Gasteiger partial charge in [-0.1, -0.05) is 18.1 Å². The zero-order chi connectivity index (χ0) is 13.1. The van der Waals surface area contributed by atoms with Crippen molar-refractivity contribution in [2.75, 3.05) is 0 Å². The van der Waals surface area contributed by atoms with Gasteiger partial charge in [-0.3, -0.25) is 0 Å². The van der Waals surface area contributed by atoms with Crippen molar-refractivity contribution in [2.24, 2.45) is 0 Å². The Labute approximate surface area is 102 Å². The second-order valence-corrected chi connectivity index (χ2v) is 3.85.